The first-order chi connectivity index (χ1) is 20.6. The molecular formula is C32H29N7O3. The molecule has 0 aliphatic carbocycles. The quantitative estimate of drug-likeness (QED) is 0.226. The van der Waals surface area contributed by atoms with E-state index >= 15 is 0 Å². The highest BCUT2D eigenvalue weighted by molar-refractivity contribution is 6.02. The van der Waals surface area contributed by atoms with E-state index in [0.29, 0.717) is 23.6 Å². The smallest absolute Gasteiger partial charge is 0.276 e. The third-order valence-electron chi connectivity index (χ3n) is 6.76. The average molecular weight is 560 g/mol. The van der Waals surface area contributed by atoms with Crippen LogP contribution in [0.15, 0.2) is 115 Å². The highest BCUT2D eigenvalue weighted by Crippen LogP contribution is 2.34. The minimum absolute atomic E-state index is 0.0677. The molecule has 1 atom stereocenters. The van der Waals surface area contributed by atoms with Gasteiger partial charge in [0.25, 0.3) is 5.91 Å². The van der Waals surface area contributed by atoms with Crippen LogP contribution in [0.1, 0.15) is 33.3 Å². The molecule has 42 heavy (non-hydrogen) atoms. The molecule has 4 aromatic carbocycles. The zero-order valence-electron chi connectivity index (χ0n) is 22.7. The van der Waals surface area contributed by atoms with Crippen molar-refractivity contribution >= 4 is 23.2 Å². The maximum Gasteiger partial charge on any atom is 0.276 e. The fraction of sp³-hybridized carbons (Fsp3) is 0.125. The van der Waals surface area contributed by atoms with Gasteiger partial charge in [0.05, 0.1) is 17.4 Å². The number of ether oxygens (including phenoxy) is 1. The van der Waals surface area contributed by atoms with Crippen LogP contribution in [0.4, 0.5) is 11.4 Å². The highest BCUT2D eigenvalue weighted by Gasteiger charge is 2.33. The molecule has 6 rings (SSSR count). The summed E-state index contributed by atoms with van der Waals surface area (Å²) >= 11 is 0. The second kappa shape index (κ2) is 12.3. The van der Waals surface area contributed by atoms with E-state index in [1.54, 1.807) is 11.2 Å². The number of nitrogens with zero attached hydrogens (tertiary/aromatic N) is 4. The number of aromatic nitrogens is 3. The normalized spacial score (nSPS) is 14.0. The molecule has 0 saturated carbocycles. The van der Waals surface area contributed by atoms with E-state index in [9.17, 15) is 9.59 Å². The van der Waals surface area contributed by atoms with Crippen LogP contribution in [0.5, 0.6) is 5.75 Å². The molecule has 2 amide bonds. The van der Waals surface area contributed by atoms with Crippen molar-refractivity contribution in [3.8, 4) is 5.75 Å². The first kappa shape index (κ1) is 26.6. The van der Waals surface area contributed by atoms with Crippen molar-refractivity contribution < 1.29 is 14.3 Å². The number of hydrazine groups is 1. The number of hydrogen-bond acceptors (Lipinski definition) is 7. The zero-order chi connectivity index (χ0) is 28.7. The van der Waals surface area contributed by atoms with Crippen LogP contribution in [0, 0.1) is 0 Å². The summed E-state index contributed by atoms with van der Waals surface area (Å²) in [7, 11) is 0. The number of amides is 2. The number of carbonyl (C=O) groups is 2. The van der Waals surface area contributed by atoms with Crippen LogP contribution in [-0.2, 0) is 24.5 Å². The van der Waals surface area contributed by atoms with Gasteiger partial charge < -0.3 is 15.4 Å². The van der Waals surface area contributed by atoms with Crippen LogP contribution in [0.3, 0.4) is 0 Å². The first-order valence-corrected chi connectivity index (χ1v) is 13.6. The Morgan fingerprint density at radius 3 is 2.38 bits per heavy atom. The number of hydrogen-bond donors (Lipinski definition) is 3. The minimum atomic E-state index is -0.449. The van der Waals surface area contributed by atoms with Crippen LogP contribution in [0.2, 0.25) is 0 Å². The summed E-state index contributed by atoms with van der Waals surface area (Å²) in [4.78, 5) is 25.7. The van der Waals surface area contributed by atoms with Gasteiger partial charge in [-0.25, -0.2) is 9.69 Å². The Hall–Kier alpha value is -5.64. The molecule has 2 heterocycles. The maximum atomic E-state index is 13.5. The van der Waals surface area contributed by atoms with Crippen molar-refractivity contribution in [2.24, 2.45) is 0 Å². The van der Waals surface area contributed by atoms with E-state index in [4.69, 9.17) is 4.74 Å². The van der Waals surface area contributed by atoms with Crippen molar-refractivity contribution in [1.82, 2.24) is 25.3 Å². The fourth-order valence-corrected chi connectivity index (χ4v) is 4.64. The molecule has 10 heteroatoms. The van der Waals surface area contributed by atoms with Gasteiger partial charge >= 0.3 is 0 Å². The number of benzene rings is 4. The lowest BCUT2D eigenvalue weighted by Crippen LogP contribution is -2.46. The molecular weight excluding hydrogens is 530 g/mol. The third-order valence-corrected chi connectivity index (χ3v) is 6.76. The Labute approximate surface area is 242 Å². The number of rotatable bonds is 10. The molecule has 5 aromatic rings. The van der Waals surface area contributed by atoms with Crippen molar-refractivity contribution in [2.75, 3.05) is 10.7 Å². The Kier molecular flexibility index (Phi) is 7.76. The predicted octanol–water partition coefficient (Wildman–Crippen LogP) is 4.77. The Morgan fingerprint density at radius 2 is 1.60 bits per heavy atom. The van der Waals surface area contributed by atoms with E-state index in [1.807, 2.05) is 109 Å². The van der Waals surface area contributed by atoms with Crippen molar-refractivity contribution in [3.63, 3.8) is 0 Å². The van der Waals surface area contributed by atoms with Gasteiger partial charge in [-0.15, -0.1) is 5.10 Å². The second-order valence-electron chi connectivity index (χ2n) is 9.77. The molecule has 1 unspecified atom stereocenters. The molecule has 1 aromatic heterocycles. The summed E-state index contributed by atoms with van der Waals surface area (Å²) in [6.07, 6.45) is 1.24. The van der Waals surface area contributed by atoms with Gasteiger partial charge in [-0.1, -0.05) is 78.0 Å². The van der Waals surface area contributed by atoms with Gasteiger partial charge in [0.15, 0.2) is 0 Å². The van der Waals surface area contributed by atoms with Gasteiger partial charge in [-0.2, -0.15) is 0 Å². The van der Waals surface area contributed by atoms with E-state index in [1.165, 1.54) is 4.68 Å². The largest absolute Gasteiger partial charge is 0.487 e. The Bertz CT molecular complexity index is 1660. The third kappa shape index (κ3) is 6.23. The van der Waals surface area contributed by atoms with E-state index in [-0.39, 0.29) is 25.0 Å². The van der Waals surface area contributed by atoms with E-state index in [0.717, 1.165) is 22.5 Å². The topological polar surface area (TPSA) is 113 Å². The summed E-state index contributed by atoms with van der Waals surface area (Å²) in [5.41, 5.74) is 7.94. The lowest BCUT2D eigenvalue weighted by Gasteiger charge is -2.38. The van der Waals surface area contributed by atoms with Crippen molar-refractivity contribution in [1.29, 1.82) is 0 Å². The number of nitrogens with one attached hydrogen (secondary N) is 3. The molecule has 0 radical (unpaired) electrons. The van der Waals surface area contributed by atoms with Gasteiger partial charge in [-0.3, -0.25) is 15.0 Å². The number of carbonyl (C=O) groups excluding carboxylic acids is 2. The number of fused-ring (bicyclic) bond motifs is 1. The number of para-hydroxylation sites is 2. The molecule has 3 N–H and O–H groups in total. The first-order valence-electron chi connectivity index (χ1n) is 13.6. The molecule has 0 spiro atoms. The predicted molar refractivity (Wildman–Crippen MR) is 158 cm³/mol. The van der Waals surface area contributed by atoms with Gasteiger partial charge in [0.1, 0.15) is 30.8 Å². The molecule has 0 saturated heterocycles. The lowest BCUT2D eigenvalue weighted by atomic mass is 10.0. The minimum Gasteiger partial charge on any atom is -0.487 e. The van der Waals surface area contributed by atoms with Gasteiger partial charge in [0.2, 0.25) is 5.91 Å². The Balaban J connectivity index is 1.08. The van der Waals surface area contributed by atoms with Crippen LogP contribution < -0.4 is 20.8 Å². The number of anilines is 2. The van der Waals surface area contributed by atoms with Crippen molar-refractivity contribution in [3.05, 3.63) is 138 Å². The summed E-state index contributed by atoms with van der Waals surface area (Å²) in [6.45, 7) is 0.718. The Morgan fingerprint density at radius 1 is 0.881 bits per heavy atom. The fourth-order valence-electron chi connectivity index (χ4n) is 4.64. The molecule has 1 aliphatic rings. The average Bonchev–Trinajstić information content (AvgIpc) is 3.48. The maximum absolute atomic E-state index is 13.5. The molecule has 210 valence electrons. The molecule has 10 nitrogen and oxygen atoms in total. The SMILES string of the molecule is O=C(Cn1cc(COc2ccc(C3Nc4ccccc4C(=O)N3Nc3ccccc3)cc2)nn1)NCc1ccccc1. The molecule has 0 fully saturated rings. The summed E-state index contributed by atoms with van der Waals surface area (Å²) in [5, 5.41) is 16.1. The van der Waals surface area contributed by atoms with Crippen LogP contribution >= 0.6 is 0 Å². The van der Waals surface area contributed by atoms with Gasteiger partial charge in [0, 0.05) is 12.2 Å². The van der Waals surface area contributed by atoms with E-state index in [2.05, 4.69) is 26.4 Å². The second-order valence-corrected chi connectivity index (χ2v) is 9.77. The lowest BCUT2D eigenvalue weighted by molar-refractivity contribution is -0.122. The monoisotopic (exact) mass is 559 g/mol. The van der Waals surface area contributed by atoms with Gasteiger partial charge in [-0.05, 0) is 47.5 Å². The van der Waals surface area contributed by atoms with Crippen molar-refractivity contribution in [2.45, 2.75) is 25.9 Å². The van der Waals surface area contributed by atoms with Crippen LogP contribution in [0.25, 0.3) is 0 Å². The van der Waals surface area contributed by atoms with Crippen LogP contribution in [-0.4, -0.2) is 31.8 Å². The standard InChI is InChI=1S/C32H29N7O3/c40-30(33-19-23-9-3-1-4-10-23)21-38-20-26(35-37-38)22-42-27-17-15-24(16-18-27)31-34-29-14-8-7-13-28(29)32(41)39(31)36-25-11-5-2-6-12-25/h1-18,20,31,34,36H,19,21-22H2,(H,33,40). The summed E-state index contributed by atoms with van der Waals surface area (Å²) < 4.78 is 7.41. The summed E-state index contributed by atoms with van der Waals surface area (Å²) in [6, 6.07) is 34.3. The molecule has 0 bridgehead atoms. The molecule has 1 aliphatic heterocycles. The summed E-state index contributed by atoms with van der Waals surface area (Å²) in [5.74, 6) is 0.356. The highest BCUT2D eigenvalue weighted by atomic mass is 16.5. The van der Waals surface area contributed by atoms with E-state index < -0.39 is 6.17 Å². The zero-order valence-corrected chi connectivity index (χ0v) is 22.7.